The largest absolute Gasteiger partial charge is 0.360 e. The van der Waals surface area contributed by atoms with E-state index in [1.165, 1.54) is 12.1 Å². The van der Waals surface area contributed by atoms with Crippen LogP contribution in [0.25, 0.3) is 0 Å². The van der Waals surface area contributed by atoms with Crippen LogP contribution in [0.5, 0.6) is 0 Å². The summed E-state index contributed by atoms with van der Waals surface area (Å²) in [5, 5.41) is 2.65. The average Bonchev–Trinajstić information content (AvgIpc) is 2.52. The van der Waals surface area contributed by atoms with Crippen LogP contribution in [0.2, 0.25) is 0 Å². The molecule has 122 valence electrons. The van der Waals surface area contributed by atoms with Crippen molar-refractivity contribution in [2.75, 3.05) is 23.8 Å². The summed E-state index contributed by atoms with van der Waals surface area (Å²) in [7, 11) is 1.94. The van der Waals surface area contributed by atoms with Crippen molar-refractivity contribution in [3.63, 3.8) is 0 Å². The van der Waals surface area contributed by atoms with Crippen LogP contribution in [-0.2, 0) is 0 Å². The average molecular weight is 316 g/mol. The Kier molecular flexibility index (Phi) is 5.62. The lowest BCUT2D eigenvalue weighted by Crippen LogP contribution is -2.22. The number of carbonyl (C=O) groups is 1. The van der Waals surface area contributed by atoms with Crippen LogP contribution in [0.1, 0.15) is 36.1 Å². The third kappa shape index (κ3) is 4.74. The fourth-order valence-electron chi connectivity index (χ4n) is 2.13. The lowest BCUT2D eigenvalue weighted by molar-refractivity contribution is 0.102. The van der Waals surface area contributed by atoms with Crippen molar-refractivity contribution in [1.82, 2.24) is 9.97 Å². The minimum absolute atomic E-state index is 0.264. The summed E-state index contributed by atoms with van der Waals surface area (Å²) in [4.78, 5) is 22.9. The molecule has 0 aliphatic rings. The van der Waals surface area contributed by atoms with E-state index in [-0.39, 0.29) is 11.6 Å². The van der Waals surface area contributed by atoms with Crippen molar-refractivity contribution < 1.29 is 9.18 Å². The highest BCUT2D eigenvalue weighted by atomic mass is 19.1. The zero-order chi connectivity index (χ0) is 16.8. The van der Waals surface area contributed by atoms with Crippen molar-refractivity contribution in [1.29, 1.82) is 0 Å². The lowest BCUT2D eigenvalue weighted by Gasteiger charge is -2.18. The monoisotopic (exact) mass is 316 g/mol. The van der Waals surface area contributed by atoms with Crippen LogP contribution in [0, 0.1) is 12.7 Å². The summed E-state index contributed by atoms with van der Waals surface area (Å²) in [5.74, 6) is 0.443. The highest BCUT2D eigenvalue weighted by Crippen LogP contribution is 2.15. The zero-order valence-electron chi connectivity index (χ0n) is 13.6. The first kappa shape index (κ1) is 16.9. The number of benzene rings is 1. The van der Waals surface area contributed by atoms with Gasteiger partial charge < -0.3 is 10.2 Å². The number of unbranched alkanes of at least 4 members (excludes halogenated alkanes) is 1. The third-order valence-corrected chi connectivity index (χ3v) is 3.38. The molecular formula is C17H21FN4O. The Morgan fingerprint density at radius 2 is 2.09 bits per heavy atom. The highest BCUT2D eigenvalue weighted by Gasteiger charge is 2.13. The summed E-state index contributed by atoms with van der Waals surface area (Å²) < 4.78 is 13.2. The van der Waals surface area contributed by atoms with Crippen LogP contribution in [0.4, 0.5) is 15.9 Å². The summed E-state index contributed by atoms with van der Waals surface area (Å²) in [6, 6.07) is 7.41. The van der Waals surface area contributed by atoms with Crippen molar-refractivity contribution >= 4 is 17.4 Å². The fraction of sp³-hybridized carbons (Fsp3) is 0.353. The van der Waals surface area contributed by atoms with Crippen LogP contribution in [0.3, 0.4) is 0 Å². The maximum absolute atomic E-state index is 13.2. The predicted octanol–water partition coefficient (Wildman–Crippen LogP) is 3.41. The summed E-state index contributed by atoms with van der Waals surface area (Å²) >= 11 is 0. The van der Waals surface area contributed by atoms with Crippen LogP contribution >= 0.6 is 0 Å². The number of aryl methyl sites for hydroxylation is 1. The molecule has 0 saturated heterocycles. The topological polar surface area (TPSA) is 58.1 Å². The van der Waals surface area contributed by atoms with Crippen LogP contribution in [0.15, 0.2) is 30.3 Å². The molecule has 0 unspecified atom stereocenters. The molecule has 0 aliphatic heterocycles. The second-order valence-electron chi connectivity index (χ2n) is 5.40. The minimum atomic E-state index is -0.401. The van der Waals surface area contributed by atoms with Crippen molar-refractivity contribution in [3.8, 4) is 0 Å². The SMILES string of the molecule is CCCCN(C)c1cc(C(=O)Nc2cccc(F)c2)nc(C)n1. The molecule has 0 atom stereocenters. The van der Waals surface area contributed by atoms with E-state index in [4.69, 9.17) is 0 Å². The number of nitrogens with zero attached hydrogens (tertiary/aromatic N) is 3. The van der Waals surface area contributed by atoms with Gasteiger partial charge in [0.15, 0.2) is 0 Å². The zero-order valence-corrected chi connectivity index (χ0v) is 13.6. The molecule has 0 aliphatic carbocycles. The number of halogens is 1. The van der Waals surface area contributed by atoms with Crippen LogP contribution in [-0.4, -0.2) is 29.5 Å². The smallest absolute Gasteiger partial charge is 0.274 e. The Balaban J connectivity index is 2.18. The van der Waals surface area contributed by atoms with Gasteiger partial charge in [0.2, 0.25) is 0 Å². The van der Waals surface area contributed by atoms with Gasteiger partial charge >= 0.3 is 0 Å². The number of amides is 1. The summed E-state index contributed by atoms with van der Waals surface area (Å²) in [5.41, 5.74) is 0.660. The van der Waals surface area contributed by atoms with E-state index in [2.05, 4.69) is 22.2 Å². The molecule has 1 N–H and O–H groups in total. The van der Waals surface area contributed by atoms with Gasteiger partial charge in [0.05, 0.1) is 0 Å². The minimum Gasteiger partial charge on any atom is -0.360 e. The fourth-order valence-corrected chi connectivity index (χ4v) is 2.13. The molecular weight excluding hydrogens is 295 g/mol. The first-order valence-electron chi connectivity index (χ1n) is 7.63. The van der Waals surface area contributed by atoms with Crippen LogP contribution < -0.4 is 10.2 Å². The predicted molar refractivity (Wildman–Crippen MR) is 89.3 cm³/mol. The van der Waals surface area contributed by atoms with Gasteiger partial charge in [-0.2, -0.15) is 0 Å². The molecule has 0 bridgehead atoms. The van der Waals surface area contributed by atoms with Gasteiger partial charge in [-0.1, -0.05) is 19.4 Å². The first-order valence-corrected chi connectivity index (χ1v) is 7.63. The number of carbonyl (C=O) groups excluding carboxylic acids is 1. The molecule has 0 spiro atoms. The van der Waals surface area contributed by atoms with Gasteiger partial charge in [0.25, 0.3) is 5.91 Å². The normalized spacial score (nSPS) is 10.4. The number of rotatable bonds is 6. The van der Waals surface area contributed by atoms with E-state index in [0.717, 1.165) is 19.4 Å². The van der Waals surface area contributed by atoms with Gasteiger partial charge in [-0.3, -0.25) is 4.79 Å². The Morgan fingerprint density at radius 1 is 1.30 bits per heavy atom. The second-order valence-corrected chi connectivity index (χ2v) is 5.40. The molecule has 2 aromatic rings. The van der Waals surface area contributed by atoms with Crippen molar-refractivity contribution in [3.05, 3.63) is 47.7 Å². The molecule has 5 nitrogen and oxygen atoms in total. The molecule has 1 aromatic heterocycles. The number of aromatic nitrogens is 2. The van der Waals surface area contributed by atoms with Crippen molar-refractivity contribution in [2.45, 2.75) is 26.7 Å². The Morgan fingerprint density at radius 3 is 2.78 bits per heavy atom. The van der Waals surface area contributed by atoms with Crippen molar-refractivity contribution in [2.24, 2.45) is 0 Å². The van der Waals surface area contributed by atoms with E-state index in [0.29, 0.717) is 17.3 Å². The highest BCUT2D eigenvalue weighted by molar-refractivity contribution is 6.03. The molecule has 0 fully saturated rings. The Hall–Kier alpha value is -2.50. The van der Waals surface area contributed by atoms with E-state index >= 15 is 0 Å². The lowest BCUT2D eigenvalue weighted by atomic mass is 10.2. The quantitative estimate of drug-likeness (QED) is 0.887. The van der Waals surface area contributed by atoms with Gasteiger partial charge in [0.1, 0.15) is 23.2 Å². The third-order valence-electron chi connectivity index (χ3n) is 3.38. The maximum atomic E-state index is 13.2. The Bertz CT molecular complexity index is 690. The van der Waals surface area contributed by atoms with Gasteiger partial charge in [-0.15, -0.1) is 0 Å². The van der Waals surface area contributed by atoms with E-state index < -0.39 is 5.82 Å². The first-order chi connectivity index (χ1) is 11.0. The Labute approximate surface area is 135 Å². The molecule has 23 heavy (non-hydrogen) atoms. The van der Waals surface area contributed by atoms with E-state index in [1.807, 2.05) is 11.9 Å². The van der Waals surface area contributed by atoms with Gasteiger partial charge in [-0.05, 0) is 31.5 Å². The van der Waals surface area contributed by atoms with Gasteiger partial charge in [-0.25, -0.2) is 14.4 Å². The number of nitrogens with one attached hydrogen (secondary N) is 1. The molecule has 2 rings (SSSR count). The standard InChI is InChI=1S/C17H21FN4O/c1-4-5-9-22(3)16-11-15(19-12(2)20-16)17(23)21-14-8-6-7-13(18)10-14/h6-8,10-11H,4-5,9H2,1-3H3,(H,21,23). The molecule has 0 radical (unpaired) electrons. The summed E-state index contributed by atoms with van der Waals surface area (Å²) in [6.07, 6.45) is 2.13. The summed E-state index contributed by atoms with van der Waals surface area (Å²) in [6.45, 7) is 4.73. The number of anilines is 2. The second kappa shape index (κ2) is 7.67. The maximum Gasteiger partial charge on any atom is 0.274 e. The van der Waals surface area contributed by atoms with E-state index in [9.17, 15) is 9.18 Å². The molecule has 6 heteroatoms. The molecule has 1 aromatic carbocycles. The molecule has 1 heterocycles. The molecule has 1 amide bonds. The number of hydrogen-bond donors (Lipinski definition) is 1. The molecule has 0 saturated carbocycles. The van der Waals surface area contributed by atoms with E-state index in [1.54, 1.807) is 25.1 Å². The van der Waals surface area contributed by atoms with Gasteiger partial charge in [0, 0.05) is 25.3 Å². The number of hydrogen-bond acceptors (Lipinski definition) is 4.